The largest absolute Gasteiger partial charge is 0.372 e. The Bertz CT molecular complexity index is 511. The van der Waals surface area contributed by atoms with Crippen molar-refractivity contribution < 1.29 is 8.42 Å². The van der Waals surface area contributed by atoms with Gasteiger partial charge in [-0.25, -0.2) is 8.42 Å². The number of fused-ring (bicyclic) bond motifs is 1. The van der Waals surface area contributed by atoms with E-state index in [0.717, 1.165) is 25.9 Å². The van der Waals surface area contributed by atoms with Crippen LogP contribution in [-0.4, -0.2) is 27.8 Å². The molecule has 0 aliphatic carbocycles. The first-order valence-electron chi connectivity index (χ1n) is 5.85. The number of nitrogens with one attached hydrogen (secondary N) is 1. The molecule has 0 saturated carbocycles. The molecule has 0 bridgehead atoms. The highest BCUT2D eigenvalue weighted by molar-refractivity contribution is 7.92. The first kappa shape index (κ1) is 12.2. The van der Waals surface area contributed by atoms with Gasteiger partial charge in [0.2, 0.25) is 10.0 Å². The number of hydrogen-bond donors (Lipinski definition) is 1. The van der Waals surface area contributed by atoms with E-state index >= 15 is 0 Å². The topological polar surface area (TPSA) is 49.4 Å². The quantitative estimate of drug-likeness (QED) is 0.895. The third kappa shape index (κ3) is 2.91. The predicted molar refractivity (Wildman–Crippen MR) is 71.1 cm³/mol. The Hall–Kier alpha value is -1.23. The summed E-state index contributed by atoms with van der Waals surface area (Å²) in [5.74, 6) is 0. The van der Waals surface area contributed by atoms with Gasteiger partial charge in [-0.3, -0.25) is 4.72 Å². The molecule has 0 spiro atoms. The maximum Gasteiger partial charge on any atom is 0.229 e. The van der Waals surface area contributed by atoms with Gasteiger partial charge < -0.3 is 4.90 Å². The lowest BCUT2D eigenvalue weighted by Gasteiger charge is -2.30. The van der Waals surface area contributed by atoms with Crippen molar-refractivity contribution >= 4 is 21.4 Å². The molecule has 4 nitrogen and oxygen atoms in total. The first-order chi connectivity index (χ1) is 7.99. The molecule has 0 aromatic heterocycles. The normalized spacial score (nSPS) is 15.5. The van der Waals surface area contributed by atoms with Crippen molar-refractivity contribution in [2.75, 3.05) is 29.0 Å². The van der Waals surface area contributed by atoms with Gasteiger partial charge in [0.25, 0.3) is 0 Å². The lowest BCUT2D eigenvalue weighted by Crippen LogP contribution is -2.28. The molecule has 0 fully saturated rings. The van der Waals surface area contributed by atoms with Crippen molar-refractivity contribution in [2.45, 2.75) is 19.8 Å². The van der Waals surface area contributed by atoms with Crippen LogP contribution in [0.4, 0.5) is 11.4 Å². The summed E-state index contributed by atoms with van der Waals surface area (Å²) in [5, 5.41) is 0. The van der Waals surface area contributed by atoms with E-state index in [2.05, 4.69) is 16.5 Å². The van der Waals surface area contributed by atoms with Crippen molar-refractivity contribution in [3.63, 3.8) is 0 Å². The maximum atomic E-state index is 11.2. The van der Waals surface area contributed by atoms with Gasteiger partial charge in [0.1, 0.15) is 0 Å². The smallest absolute Gasteiger partial charge is 0.229 e. The lowest BCUT2D eigenvalue weighted by molar-refractivity contribution is 0.607. The average molecular weight is 254 g/mol. The van der Waals surface area contributed by atoms with Crippen LogP contribution in [-0.2, 0) is 16.4 Å². The third-order valence-electron chi connectivity index (χ3n) is 2.98. The van der Waals surface area contributed by atoms with E-state index in [1.165, 1.54) is 17.5 Å². The molecular weight excluding hydrogens is 236 g/mol. The second kappa shape index (κ2) is 4.56. The molecule has 94 valence electrons. The van der Waals surface area contributed by atoms with Crippen molar-refractivity contribution in [3.05, 3.63) is 23.8 Å². The number of anilines is 2. The number of benzene rings is 1. The SMILES string of the molecule is CCN1CCCc2cc(NS(C)(=O)=O)ccc21. The monoisotopic (exact) mass is 254 g/mol. The minimum absolute atomic E-state index is 0.657. The van der Waals surface area contributed by atoms with Crippen LogP contribution in [0.5, 0.6) is 0 Å². The highest BCUT2D eigenvalue weighted by Gasteiger charge is 2.16. The molecule has 1 aromatic rings. The second-order valence-electron chi connectivity index (χ2n) is 4.40. The minimum Gasteiger partial charge on any atom is -0.372 e. The number of sulfonamides is 1. The highest BCUT2D eigenvalue weighted by atomic mass is 32.2. The van der Waals surface area contributed by atoms with Crippen LogP contribution in [0.1, 0.15) is 18.9 Å². The Morgan fingerprint density at radius 2 is 2.18 bits per heavy atom. The number of rotatable bonds is 3. The van der Waals surface area contributed by atoms with E-state index < -0.39 is 10.0 Å². The zero-order valence-corrected chi connectivity index (χ0v) is 11.0. The van der Waals surface area contributed by atoms with Gasteiger partial charge in [0.15, 0.2) is 0 Å². The molecule has 0 radical (unpaired) electrons. The molecule has 5 heteroatoms. The minimum atomic E-state index is -3.19. The van der Waals surface area contributed by atoms with E-state index in [1.807, 2.05) is 18.2 Å². The van der Waals surface area contributed by atoms with E-state index in [-0.39, 0.29) is 0 Å². The van der Waals surface area contributed by atoms with Crippen molar-refractivity contribution in [2.24, 2.45) is 0 Å². The Morgan fingerprint density at radius 3 is 2.82 bits per heavy atom. The molecule has 0 amide bonds. The van der Waals surface area contributed by atoms with Crippen LogP contribution < -0.4 is 9.62 Å². The number of aryl methyl sites for hydroxylation is 1. The van der Waals surface area contributed by atoms with Gasteiger partial charge in [-0.2, -0.15) is 0 Å². The molecule has 17 heavy (non-hydrogen) atoms. The van der Waals surface area contributed by atoms with E-state index in [4.69, 9.17) is 0 Å². The van der Waals surface area contributed by atoms with Crippen LogP contribution in [0.25, 0.3) is 0 Å². The van der Waals surface area contributed by atoms with Gasteiger partial charge in [-0.1, -0.05) is 0 Å². The molecule has 1 N–H and O–H groups in total. The van der Waals surface area contributed by atoms with E-state index in [1.54, 1.807) is 0 Å². The highest BCUT2D eigenvalue weighted by Crippen LogP contribution is 2.29. The lowest BCUT2D eigenvalue weighted by atomic mass is 10.0. The summed E-state index contributed by atoms with van der Waals surface area (Å²) in [6.45, 7) is 4.21. The van der Waals surface area contributed by atoms with Crippen molar-refractivity contribution in [1.82, 2.24) is 0 Å². The molecule has 1 aliphatic rings. The van der Waals surface area contributed by atoms with Crippen molar-refractivity contribution in [3.8, 4) is 0 Å². The Balaban J connectivity index is 2.31. The zero-order valence-electron chi connectivity index (χ0n) is 10.2. The molecule has 1 heterocycles. The molecular formula is C12H18N2O2S. The summed E-state index contributed by atoms with van der Waals surface area (Å²) in [6.07, 6.45) is 3.32. The molecule has 0 unspecified atom stereocenters. The maximum absolute atomic E-state index is 11.2. The van der Waals surface area contributed by atoms with E-state index in [9.17, 15) is 8.42 Å². The van der Waals surface area contributed by atoms with Gasteiger partial charge in [0, 0.05) is 24.5 Å². The molecule has 2 rings (SSSR count). The van der Waals surface area contributed by atoms with Gasteiger partial charge >= 0.3 is 0 Å². The molecule has 1 aliphatic heterocycles. The molecule has 1 aromatic carbocycles. The fourth-order valence-corrected chi connectivity index (χ4v) is 2.84. The Morgan fingerprint density at radius 1 is 1.41 bits per heavy atom. The summed E-state index contributed by atoms with van der Waals surface area (Å²) >= 11 is 0. The standard InChI is InChI=1S/C12H18N2O2S/c1-3-14-8-4-5-10-9-11(6-7-12(10)14)13-17(2,15)16/h6-7,9,13H,3-5,8H2,1-2H3. The van der Waals surface area contributed by atoms with Crippen LogP contribution in [0.2, 0.25) is 0 Å². The first-order valence-corrected chi connectivity index (χ1v) is 7.74. The van der Waals surface area contributed by atoms with E-state index in [0.29, 0.717) is 5.69 Å². The summed E-state index contributed by atoms with van der Waals surface area (Å²) in [6, 6.07) is 5.78. The number of hydrogen-bond acceptors (Lipinski definition) is 3. The van der Waals surface area contributed by atoms with Crippen LogP contribution in [0.3, 0.4) is 0 Å². The summed E-state index contributed by atoms with van der Waals surface area (Å²) in [5.41, 5.74) is 3.12. The van der Waals surface area contributed by atoms with Crippen LogP contribution >= 0.6 is 0 Å². The molecule has 0 atom stereocenters. The fraction of sp³-hybridized carbons (Fsp3) is 0.500. The van der Waals surface area contributed by atoms with Crippen LogP contribution in [0, 0.1) is 0 Å². The zero-order chi connectivity index (χ0) is 12.5. The second-order valence-corrected chi connectivity index (χ2v) is 6.15. The Labute approximate surface area is 103 Å². The number of nitrogens with zero attached hydrogens (tertiary/aromatic N) is 1. The summed E-state index contributed by atoms with van der Waals surface area (Å²) in [7, 11) is -3.19. The van der Waals surface area contributed by atoms with Gasteiger partial charge in [-0.15, -0.1) is 0 Å². The van der Waals surface area contributed by atoms with Gasteiger partial charge in [0.05, 0.1) is 6.26 Å². The summed E-state index contributed by atoms with van der Waals surface area (Å²) < 4.78 is 24.9. The average Bonchev–Trinajstić information content (AvgIpc) is 2.25. The molecule has 0 saturated heterocycles. The predicted octanol–water partition coefficient (Wildman–Crippen LogP) is 1.83. The third-order valence-corrected chi connectivity index (χ3v) is 3.59. The Kier molecular flexibility index (Phi) is 3.28. The van der Waals surface area contributed by atoms with Crippen LogP contribution in [0.15, 0.2) is 18.2 Å². The van der Waals surface area contributed by atoms with Crippen molar-refractivity contribution in [1.29, 1.82) is 0 Å². The van der Waals surface area contributed by atoms with Gasteiger partial charge in [-0.05, 0) is 43.5 Å². The summed E-state index contributed by atoms with van der Waals surface area (Å²) in [4.78, 5) is 2.32. The fourth-order valence-electron chi connectivity index (χ4n) is 2.28.